The van der Waals surface area contributed by atoms with Gasteiger partial charge in [0.15, 0.2) is 22.6 Å². The molecule has 0 atom stereocenters. The van der Waals surface area contributed by atoms with E-state index in [1.54, 1.807) is 0 Å². The van der Waals surface area contributed by atoms with E-state index in [9.17, 15) is 18.0 Å². The van der Waals surface area contributed by atoms with Crippen molar-refractivity contribution in [2.24, 2.45) is 5.92 Å². The molecule has 0 bridgehead atoms. The van der Waals surface area contributed by atoms with Gasteiger partial charge in [0.2, 0.25) is 5.91 Å². The van der Waals surface area contributed by atoms with Gasteiger partial charge in [-0.15, -0.1) is 11.3 Å². The molecular formula is C16H15F3N2OS. The molecule has 23 heavy (non-hydrogen) atoms. The summed E-state index contributed by atoms with van der Waals surface area (Å²) in [5.74, 6) is -3.87. The van der Waals surface area contributed by atoms with E-state index in [1.165, 1.54) is 23.6 Å². The van der Waals surface area contributed by atoms with Crippen molar-refractivity contribution in [1.29, 1.82) is 0 Å². The largest absolute Gasteiger partial charge is 0.302 e. The molecule has 1 saturated carbocycles. The first-order valence-corrected chi connectivity index (χ1v) is 8.24. The summed E-state index contributed by atoms with van der Waals surface area (Å²) in [6.07, 6.45) is 5.52. The lowest BCUT2D eigenvalue weighted by molar-refractivity contribution is -0.119. The molecule has 0 radical (unpaired) electrons. The molecule has 1 aromatic carbocycles. The number of hydrogen-bond acceptors (Lipinski definition) is 3. The number of thiazole rings is 1. The van der Waals surface area contributed by atoms with Gasteiger partial charge in [-0.05, 0) is 24.5 Å². The molecule has 122 valence electrons. The first-order chi connectivity index (χ1) is 11.0. The molecule has 7 heteroatoms. The molecule has 3 rings (SSSR count). The van der Waals surface area contributed by atoms with Crippen LogP contribution in [0.4, 0.5) is 18.3 Å². The van der Waals surface area contributed by atoms with Crippen molar-refractivity contribution in [1.82, 2.24) is 4.98 Å². The first kappa shape index (κ1) is 16.0. The fraction of sp³-hybridized carbons (Fsp3) is 0.375. The molecule has 1 aliphatic carbocycles. The summed E-state index contributed by atoms with van der Waals surface area (Å²) < 4.78 is 39.8. The van der Waals surface area contributed by atoms with E-state index in [-0.39, 0.29) is 23.8 Å². The normalized spacial score (nSPS) is 15.1. The fourth-order valence-corrected chi connectivity index (χ4v) is 3.57. The zero-order valence-corrected chi connectivity index (χ0v) is 13.1. The van der Waals surface area contributed by atoms with Crippen LogP contribution in [0.2, 0.25) is 0 Å². The van der Waals surface area contributed by atoms with Gasteiger partial charge in [-0.2, -0.15) is 0 Å². The maximum absolute atomic E-state index is 13.7. The number of anilines is 1. The number of amides is 1. The Morgan fingerprint density at radius 2 is 1.96 bits per heavy atom. The lowest BCUT2D eigenvalue weighted by Gasteiger charge is -2.07. The smallest absolute Gasteiger partial charge is 0.229 e. The number of carbonyl (C=O) groups excluding carboxylic acids is 1. The molecule has 3 nitrogen and oxygen atoms in total. The van der Waals surface area contributed by atoms with Crippen LogP contribution in [0.3, 0.4) is 0 Å². The maximum Gasteiger partial charge on any atom is 0.229 e. The van der Waals surface area contributed by atoms with Crippen LogP contribution in [0.5, 0.6) is 0 Å². The molecular weight excluding hydrogens is 325 g/mol. The molecule has 0 unspecified atom stereocenters. The third-order valence-corrected chi connectivity index (χ3v) is 4.90. The van der Waals surface area contributed by atoms with Crippen molar-refractivity contribution in [2.75, 3.05) is 5.32 Å². The lowest BCUT2D eigenvalue weighted by atomic mass is 10.1. The molecule has 2 aromatic rings. The average Bonchev–Trinajstić information content (AvgIpc) is 3.20. The number of rotatable bonds is 4. The number of halogens is 3. The second-order valence-corrected chi connectivity index (χ2v) is 6.73. The highest BCUT2D eigenvalue weighted by Gasteiger charge is 2.23. The van der Waals surface area contributed by atoms with Crippen LogP contribution in [0.15, 0.2) is 18.3 Å². The lowest BCUT2D eigenvalue weighted by Crippen LogP contribution is -2.19. The van der Waals surface area contributed by atoms with Crippen molar-refractivity contribution in [3.05, 3.63) is 46.2 Å². The highest BCUT2D eigenvalue weighted by Crippen LogP contribution is 2.28. The topological polar surface area (TPSA) is 42.0 Å². The monoisotopic (exact) mass is 340 g/mol. The second-order valence-electron chi connectivity index (χ2n) is 5.61. The Morgan fingerprint density at radius 3 is 2.70 bits per heavy atom. The molecule has 0 spiro atoms. The standard InChI is InChI=1S/C16H15F3N2OS/c17-12-6-5-10(13(18)14(12)19)7-11-8-20-16(23-11)21-15(22)9-3-1-2-4-9/h5-6,8-9H,1-4,7H2,(H,20,21,22). The summed E-state index contributed by atoms with van der Waals surface area (Å²) in [5.41, 5.74) is 0.0567. The van der Waals surface area contributed by atoms with Crippen molar-refractivity contribution < 1.29 is 18.0 Å². The average molecular weight is 340 g/mol. The Morgan fingerprint density at radius 1 is 1.22 bits per heavy atom. The van der Waals surface area contributed by atoms with Crippen LogP contribution < -0.4 is 5.32 Å². The number of aromatic nitrogens is 1. The minimum absolute atomic E-state index is 0.0333. The predicted octanol–water partition coefficient (Wildman–Crippen LogP) is 4.28. The predicted molar refractivity (Wildman–Crippen MR) is 81.8 cm³/mol. The Hall–Kier alpha value is -1.89. The molecule has 0 aliphatic heterocycles. The summed E-state index contributed by atoms with van der Waals surface area (Å²) in [6, 6.07) is 2.11. The van der Waals surface area contributed by atoms with Gasteiger partial charge in [0.25, 0.3) is 0 Å². The van der Waals surface area contributed by atoms with Crippen LogP contribution in [0.25, 0.3) is 0 Å². The van der Waals surface area contributed by atoms with Gasteiger partial charge >= 0.3 is 0 Å². The van der Waals surface area contributed by atoms with Crippen LogP contribution in [-0.2, 0) is 11.2 Å². The second kappa shape index (κ2) is 6.70. The molecule has 0 saturated heterocycles. The number of nitrogens with zero attached hydrogens (tertiary/aromatic N) is 1. The number of carbonyl (C=O) groups is 1. The van der Waals surface area contributed by atoms with Gasteiger partial charge in [-0.3, -0.25) is 4.79 Å². The zero-order valence-electron chi connectivity index (χ0n) is 12.2. The molecule has 1 aliphatic rings. The molecule has 1 aromatic heterocycles. The summed E-state index contributed by atoms with van der Waals surface area (Å²) in [5, 5.41) is 3.21. The summed E-state index contributed by atoms with van der Waals surface area (Å²) in [7, 11) is 0. The van der Waals surface area contributed by atoms with Crippen molar-refractivity contribution in [3.63, 3.8) is 0 Å². The van der Waals surface area contributed by atoms with Gasteiger partial charge < -0.3 is 5.32 Å². The van der Waals surface area contributed by atoms with Crippen LogP contribution in [0, 0.1) is 23.4 Å². The molecule has 1 amide bonds. The van der Waals surface area contributed by atoms with E-state index in [0.717, 1.165) is 31.7 Å². The highest BCUT2D eigenvalue weighted by atomic mass is 32.1. The van der Waals surface area contributed by atoms with Crippen molar-refractivity contribution >= 4 is 22.4 Å². The summed E-state index contributed by atoms with van der Waals surface area (Å²) >= 11 is 1.21. The van der Waals surface area contributed by atoms with Gasteiger partial charge in [-0.1, -0.05) is 18.9 Å². The molecule has 1 fully saturated rings. The van der Waals surface area contributed by atoms with E-state index in [0.29, 0.717) is 10.0 Å². The fourth-order valence-electron chi connectivity index (χ4n) is 2.73. The van der Waals surface area contributed by atoms with Gasteiger partial charge in [0.1, 0.15) is 0 Å². The Bertz CT molecular complexity index is 726. The third kappa shape index (κ3) is 3.55. The van der Waals surface area contributed by atoms with Gasteiger partial charge in [0.05, 0.1) is 0 Å². The Balaban J connectivity index is 1.67. The van der Waals surface area contributed by atoms with Crippen molar-refractivity contribution in [3.8, 4) is 0 Å². The van der Waals surface area contributed by atoms with Crippen LogP contribution in [-0.4, -0.2) is 10.9 Å². The summed E-state index contributed by atoms with van der Waals surface area (Å²) in [6.45, 7) is 0. The zero-order chi connectivity index (χ0) is 16.4. The minimum Gasteiger partial charge on any atom is -0.302 e. The van der Waals surface area contributed by atoms with Gasteiger partial charge in [0, 0.05) is 23.4 Å². The summed E-state index contributed by atoms with van der Waals surface area (Å²) in [4.78, 5) is 16.8. The van der Waals surface area contributed by atoms with Crippen LogP contribution in [0.1, 0.15) is 36.1 Å². The maximum atomic E-state index is 13.7. The van der Waals surface area contributed by atoms with Gasteiger partial charge in [-0.25, -0.2) is 18.2 Å². The quantitative estimate of drug-likeness (QED) is 0.844. The van der Waals surface area contributed by atoms with E-state index in [4.69, 9.17) is 0 Å². The SMILES string of the molecule is O=C(Nc1ncc(Cc2ccc(F)c(F)c2F)s1)C1CCCC1. The first-order valence-electron chi connectivity index (χ1n) is 7.42. The highest BCUT2D eigenvalue weighted by molar-refractivity contribution is 7.15. The molecule has 1 N–H and O–H groups in total. The van der Waals surface area contributed by atoms with E-state index >= 15 is 0 Å². The number of hydrogen-bond donors (Lipinski definition) is 1. The Labute approximate surface area is 135 Å². The van der Waals surface area contributed by atoms with Crippen LogP contribution >= 0.6 is 11.3 Å². The van der Waals surface area contributed by atoms with E-state index in [2.05, 4.69) is 10.3 Å². The Kier molecular flexibility index (Phi) is 4.66. The minimum atomic E-state index is -1.47. The van der Waals surface area contributed by atoms with Crippen molar-refractivity contribution in [2.45, 2.75) is 32.1 Å². The number of benzene rings is 1. The van der Waals surface area contributed by atoms with E-state index < -0.39 is 17.5 Å². The number of nitrogens with one attached hydrogen (secondary N) is 1. The van der Waals surface area contributed by atoms with E-state index in [1.807, 2.05) is 0 Å². The third-order valence-electron chi connectivity index (χ3n) is 3.99. The molecule has 1 heterocycles.